The van der Waals surface area contributed by atoms with Crippen LogP contribution in [0.2, 0.25) is 0 Å². The zero-order valence-electron chi connectivity index (χ0n) is 22.5. The zero-order chi connectivity index (χ0) is 28.5. The number of nitrogens with zero attached hydrogens (tertiary/aromatic N) is 2. The fourth-order valence-corrected chi connectivity index (χ4v) is 6.21. The second-order valence-electron chi connectivity index (χ2n) is 10.7. The molecule has 1 atom stereocenters. The Kier molecular flexibility index (Phi) is 5.47. The third-order valence-electron chi connectivity index (χ3n) is 8.23. The SMILES string of the molecule is Cc1ccc2oc3c(c(=O)c2c1)C1(C(=O)N(Cc2ccccc2C)c2ccccc21)N(Cc1ccc(F)cc1)C3=O. The van der Waals surface area contributed by atoms with Crippen LogP contribution in [0.15, 0.2) is 100 Å². The van der Waals surface area contributed by atoms with E-state index in [2.05, 4.69) is 0 Å². The molecule has 2 amide bonds. The highest BCUT2D eigenvalue weighted by atomic mass is 19.1. The van der Waals surface area contributed by atoms with Gasteiger partial charge in [-0.25, -0.2) is 4.39 Å². The molecule has 0 fully saturated rings. The van der Waals surface area contributed by atoms with Crippen molar-refractivity contribution in [3.05, 3.63) is 146 Å². The van der Waals surface area contributed by atoms with Gasteiger partial charge in [-0.1, -0.05) is 66.2 Å². The molecular weight excluding hydrogens is 519 g/mol. The van der Waals surface area contributed by atoms with Gasteiger partial charge in [0.1, 0.15) is 11.4 Å². The summed E-state index contributed by atoms with van der Waals surface area (Å²) in [5, 5.41) is 0.308. The van der Waals surface area contributed by atoms with Crippen LogP contribution in [0.4, 0.5) is 10.1 Å². The van der Waals surface area contributed by atoms with Gasteiger partial charge >= 0.3 is 0 Å². The van der Waals surface area contributed by atoms with Crippen molar-refractivity contribution in [2.75, 3.05) is 4.90 Å². The van der Waals surface area contributed by atoms with E-state index in [9.17, 15) is 18.8 Å². The predicted molar refractivity (Wildman–Crippen MR) is 153 cm³/mol. The molecule has 3 heterocycles. The van der Waals surface area contributed by atoms with Gasteiger partial charge in [0.05, 0.1) is 23.2 Å². The molecular formula is C34H25FN2O4. The number of rotatable bonds is 4. The van der Waals surface area contributed by atoms with Crippen molar-refractivity contribution in [2.45, 2.75) is 32.5 Å². The number of fused-ring (bicyclic) bond motifs is 5. The van der Waals surface area contributed by atoms with Gasteiger partial charge < -0.3 is 14.2 Å². The van der Waals surface area contributed by atoms with Gasteiger partial charge in [-0.05, 0) is 60.9 Å². The number of hydrogen-bond donors (Lipinski definition) is 0. The van der Waals surface area contributed by atoms with Crippen molar-refractivity contribution < 1.29 is 18.4 Å². The fourth-order valence-electron chi connectivity index (χ4n) is 6.21. The largest absolute Gasteiger partial charge is 0.450 e. The number of halogens is 1. The van der Waals surface area contributed by atoms with Crippen LogP contribution in [-0.4, -0.2) is 16.7 Å². The Morgan fingerprint density at radius 1 is 0.829 bits per heavy atom. The van der Waals surface area contributed by atoms with E-state index in [1.165, 1.54) is 17.0 Å². The highest BCUT2D eigenvalue weighted by Gasteiger charge is 2.65. The van der Waals surface area contributed by atoms with E-state index in [4.69, 9.17) is 4.42 Å². The minimum atomic E-state index is -1.75. The summed E-state index contributed by atoms with van der Waals surface area (Å²) in [5.74, 6) is -1.53. The van der Waals surface area contributed by atoms with E-state index < -0.39 is 28.6 Å². The van der Waals surface area contributed by atoms with Crippen molar-refractivity contribution in [3.8, 4) is 0 Å². The molecule has 5 aromatic rings. The highest BCUT2D eigenvalue weighted by Crippen LogP contribution is 2.53. The normalized spacial score (nSPS) is 17.5. The lowest BCUT2D eigenvalue weighted by Crippen LogP contribution is -2.53. The summed E-state index contributed by atoms with van der Waals surface area (Å²) in [6.45, 7) is 4.08. The molecule has 0 aliphatic carbocycles. The predicted octanol–water partition coefficient (Wildman–Crippen LogP) is 6.00. The van der Waals surface area contributed by atoms with Gasteiger partial charge in [-0.2, -0.15) is 0 Å². The summed E-state index contributed by atoms with van der Waals surface area (Å²) in [4.78, 5) is 46.5. The van der Waals surface area contributed by atoms with Crippen molar-refractivity contribution in [1.82, 2.24) is 4.90 Å². The number of benzene rings is 4. The van der Waals surface area contributed by atoms with Crippen LogP contribution in [0.5, 0.6) is 0 Å². The molecule has 41 heavy (non-hydrogen) atoms. The Morgan fingerprint density at radius 3 is 2.34 bits per heavy atom. The summed E-state index contributed by atoms with van der Waals surface area (Å²) in [7, 11) is 0. The Bertz CT molecular complexity index is 1960. The lowest BCUT2D eigenvalue weighted by Gasteiger charge is -2.34. The molecule has 2 aliphatic rings. The lowest BCUT2D eigenvalue weighted by atomic mass is 9.83. The average Bonchev–Trinajstić information content (AvgIpc) is 3.36. The number of carbonyl (C=O) groups excluding carboxylic acids is 2. The Hall–Kier alpha value is -5.04. The van der Waals surface area contributed by atoms with Gasteiger partial charge in [0.2, 0.25) is 5.76 Å². The summed E-state index contributed by atoms with van der Waals surface area (Å²) >= 11 is 0. The molecule has 2 aliphatic heterocycles. The van der Waals surface area contributed by atoms with Crippen molar-refractivity contribution in [2.24, 2.45) is 0 Å². The number of anilines is 1. The number of aryl methyl sites for hydroxylation is 2. The molecule has 202 valence electrons. The van der Waals surface area contributed by atoms with E-state index in [0.717, 1.165) is 16.7 Å². The van der Waals surface area contributed by atoms with Crippen molar-refractivity contribution in [3.63, 3.8) is 0 Å². The van der Waals surface area contributed by atoms with Gasteiger partial charge in [-0.3, -0.25) is 14.4 Å². The first-order valence-corrected chi connectivity index (χ1v) is 13.4. The van der Waals surface area contributed by atoms with E-state index >= 15 is 0 Å². The van der Waals surface area contributed by atoms with Crippen LogP contribution < -0.4 is 10.3 Å². The highest BCUT2D eigenvalue weighted by molar-refractivity contribution is 6.17. The minimum Gasteiger partial charge on any atom is -0.450 e. The summed E-state index contributed by atoms with van der Waals surface area (Å²) in [6.07, 6.45) is 0. The van der Waals surface area contributed by atoms with Crippen LogP contribution in [0, 0.1) is 19.7 Å². The molecule has 1 unspecified atom stereocenters. The number of carbonyl (C=O) groups is 2. The topological polar surface area (TPSA) is 70.8 Å². The first-order valence-electron chi connectivity index (χ1n) is 13.4. The third kappa shape index (κ3) is 3.51. The number of amides is 2. The molecule has 7 rings (SSSR count). The van der Waals surface area contributed by atoms with E-state index in [-0.39, 0.29) is 30.0 Å². The molecule has 7 heteroatoms. The molecule has 0 bridgehead atoms. The number of para-hydroxylation sites is 1. The molecule has 4 aromatic carbocycles. The second-order valence-corrected chi connectivity index (χ2v) is 10.7. The van der Waals surface area contributed by atoms with Crippen LogP contribution in [-0.2, 0) is 23.4 Å². The molecule has 0 radical (unpaired) electrons. The van der Waals surface area contributed by atoms with Crippen LogP contribution in [0.25, 0.3) is 11.0 Å². The molecule has 0 saturated carbocycles. The first-order chi connectivity index (χ1) is 19.8. The van der Waals surface area contributed by atoms with Gasteiger partial charge in [0, 0.05) is 12.1 Å². The monoisotopic (exact) mass is 544 g/mol. The van der Waals surface area contributed by atoms with Crippen LogP contribution >= 0.6 is 0 Å². The van der Waals surface area contributed by atoms with Crippen molar-refractivity contribution >= 4 is 28.5 Å². The molecule has 1 spiro atoms. The van der Waals surface area contributed by atoms with Gasteiger partial charge in [0.15, 0.2) is 11.0 Å². The Labute approximate surface area is 235 Å². The van der Waals surface area contributed by atoms with Crippen molar-refractivity contribution in [1.29, 1.82) is 0 Å². The van der Waals surface area contributed by atoms with E-state index in [1.807, 2.05) is 56.3 Å². The maximum atomic E-state index is 14.9. The number of hydrogen-bond acceptors (Lipinski definition) is 4. The summed E-state index contributed by atoms with van der Waals surface area (Å²) in [6, 6.07) is 26.0. The zero-order valence-corrected chi connectivity index (χ0v) is 22.5. The summed E-state index contributed by atoms with van der Waals surface area (Å²) in [5.41, 5.74) is 2.72. The Morgan fingerprint density at radius 2 is 1.56 bits per heavy atom. The Balaban J connectivity index is 1.52. The third-order valence-corrected chi connectivity index (χ3v) is 8.23. The average molecular weight is 545 g/mol. The minimum absolute atomic E-state index is 0.0208. The van der Waals surface area contributed by atoms with E-state index in [0.29, 0.717) is 22.2 Å². The van der Waals surface area contributed by atoms with Gasteiger partial charge in [-0.15, -0.1) is 0 Å². The van der Waals surface area contributed by atoms with Crippen LogP contribution in [0.1, 0.15) is 43.9 Å². The quantitative estimate of drug-likeness (QED) is 0.279. The maximum Gasteiger partial charge on any atom is 0.291 e. The van der Waals surface area contributed by atoms with E-state index in [1.54, 1.807) is 41.3 Å². The lowest BCUT2D eigenvalue weighted by molar-refractivity contribution is -0.126. The molecule has 0 saturated heterocycles. The maximum absolute atomic E-state index is 14.9. The molecule has 1 aromatic heterocycles. The fraction of sp³-hybridized carbons (Fsp3) is 0.147. The second kappa shape index (κ2) is 8.99. The summed E-state index contributed by atoms with van der Waals surface area (Å²) < 4.78 is 19.9. The molecule has 6 nitrogen and oxygen atoms in total. The first kappa shape index (κ1) is 25.0. The van der Waals surface area contributed by atoms with Crippen LogP contribution in [0.3, 0.4) is 0 Å². The smallest absolute Gasteiger partial charge is 0.291 e. The van der Waals surface area contributed by atoms with Gasteiger partial charge in [0.25, 0.3) is 11.8 Å². The molecule has 0 N–H and O–H groups in total. The standard InChI is InChI=1S/C34H25FN2O4/c1-20-11-16-28-25(17-20)30(38)29-31(41-28)32(39)37(18-22-12-14-24(35)15-13-22)34(29)26-9-5-6-10-27(26)36(33(34)40)19-23-8-4-3-7-21(23)2/h3-17H,18-19H2,1-2H3.